The molecule has 1 aliphatic heterocycles. The Kier molecular flexibility index (Phi) is 8.52. The van der Waals surface area contributed by atoms with Crippen LogP contribution in [0.4, 0.5) is 4.39 Å². The third-order valence-corrected chi connectivity index (χ3v) is 5.53. The SMILES string of the molecule is Cl.Cl.O=C(Cc1csc(-c2cccnc2)n1)N1CCNCC1c1cccc(F)c1. The Morgan fingerprint density at radius 3 is 2.90 bits per heavy atom. The lowest BCUT2D eigenvalue weighted by molar-refractivity contribution is -0.133. The summed E-state index contributed by atoms with van der Waals surface area (Å²) >= 11 is 1.51. The molecule has 0 bridgehead atoms. The summed E-state index contributed by atoms with van der Waals surface area (Å²) in [6, 6.07) is 10.1. The molecule has 1 aliphatic rings. The average Bonchev–Trinajstić information content (AvgIpc) is 3.17. The van der Waals surface area contributed by atoms with Gasteiger partial charge >= 0.3 is 0 Å². The minimum absolute atomic E-state index is 0. The zero-order valence-corrected chi connectivity index (χ0v) is 17.9. The Hall–Kier alpha value is -2.06. The summed E-state index contributed by atoms with van der Waals surface area (Å²) in [7, 11) is 0. The first-order valence-corrected chi connectivity index (χ1v) is 9.69. The highest BCUT2D eigenvalue weighted by molar-refractivity contribution is 7.13. The second-order valence-electron chi connectivity index (χ2n) is 6.42. The van der Waals surface area contributed by atoms with E-state index in [1.165, 1.54) is 23.5 Å². The van der Waals surface area contributed by atoms with E-state index >= 15 is 0 Å². The van der Waals surface area contributed by atoms with E-state index in [1.54, 1.807) is 18.5 Å². The fourth-order valence-corrected chi connectivity index (χ4v) is 4.09. The molecule has 1 N–H and O–H groups in total. The number of carbonyl (C=O) groups is 1. The van der Waals surface area contributed by atoms with Gasteiger partial charge < -0.3 is 10.2 Å². The Morgan fingerprint density at radius 2 is 2.14 bits per heavy atom. The molecule has 0 radical (unpaired) electrons. The Morgan fingerprint density at radius 1 is 1.28 bits per heavy atom. The van der Waals surface area contributed by atoms with Crippen molar-refractivity contribution >= 4 is 42.1 Å². The predicted octanol–water partition coefficient (Wildman–Crippen LogP) is 3.90. The van der Waals surface area contributed by atoms with E-state index in [0.717, 1.165) is 28.4 Å². The smallest absolute Gasteiger partial charge is 0.229 e. The van der Waals surface area contributed by atoms with Crippen LogP contribution in [-0.2, 0) is 11.2 Å². The lowest BCUT2D eigenvalue weighted by Gasteiger charge is -2.36. The van der Waals surface area contributed by atoms with Crippen molar-refractivity contribution in [3.63, 3.8) is 0 Å². The summed E-state index contributed by atoms with van der Waals surface area (Å²) in [5.41, 5.74) is 2.51. The molecule has 2 aromatic heterocycles. The topological polar surface area (TPSA) is 58.1 Å². The van der Waals surface area contributed by atoms with Crippen molar-refractivity contribution in [2.24, 2.45) is 0 Å². The van der Waals surface area contributed by atoms with Crippen LogP contribution in [0.25, 0.3) is 10.6 Å². The minimum atomic E-state index is -0.286. The number of carbonyl (C=O) groups excluding carboxylic acids is 1. The zero-order chi connectivity index (χ0) is 18.6. The van der Waals surface area contributed by atoms with Crippen molar-refractivity contribution < 1.29 is 9.18 Å². The minimum Gasteiger partial charge on any atom is -0.333 e. The number of rotatable bonds is 4. The second-order valence-corrected chi connectivity index (χ2v) is 7.28. The molecule has 1 amide bonds. The summed E-state index contributed by atoms with van der Waals surface area (Å²) in [6.07, 6.45) is 3.72. The third kappa shape index (κ3) is 5.51. The van der Waals surface area contributed by atoms with Crippen LogP contribution in [0.3, 0.4) is 0 Å². The van der Waals surface area contributed by atoms with Crippen molar-refractivity contribution in [2.75, 3.05) is 19.6 Å². The number of nitrogens with zero attached hydrogens (tertiary/aromatic N) is 3. The molecule has 5 nitrogen and oxygen atoms in total. The lowest BCUT2D eigenvalue weighted by atomic mass is 10.0. The molecule has 154 valence electrons. The average molecular weight is 455 g/mol. The van der Waals surface area contributed by atoms with E-state index in [1.807, 2.05) is 28.5 Å². The molecule has 1 aromatic carbocycles. The van der Waals surface area contributed by atoms with Crippen LogP contribution >= 0.6 is 36.2 Å². The van der Waals surface area contributed by atoms with Gasteiger partial charge in [-0.15, -0.1) is 36.2 Å². The van der Waals surface area contributed by atoms with Crippen LogP contribution in [-0.4, -0.2) is 40.4 Å². The van der Waals surface area contributed by atoms with Crippen LogP contribution in [0, 0.1) is 5.82 Å². The number of hydrogen-bond donors (Lipinski definition) is 1. The summed E-state index contributed by atoms with van der Waals surface area (Å²) in [5, 5.41) is 6.06. The van der Waals surface area contributed by atoms with Gasteiger partial charge in [-0.05, 0) is 29.8 Å². The van der Waals surface area contributed by atoms with Gasteiger partial charge in [-0.25, -0.2) is 9.37 Å². The van der Waals surface area contributed by atoms with Crippen molar-refractivity contribution in [2.45, 2.75) is 12.5 Å². The maximum atomic E-state index is 13.6. The highest BCUT2D eigenvalue weighted by Gasteiger charge is 2.28. The molecule has 0 saturated carbocycles. The van der Waals surface area contributed by atoms with Gasteiger partial charge in [-0.2, -0.15) is 0 Å². The number of halogens is 3. The Balaban J connectivity index is 0.00000150. The van der Waals surface area contributed by atoms with Gasteiger partial charge in [0.2, 0.25) is 5.91 Å². The maximum absolute atomic E-state index is 13.6. The monoisotopic (exact) mass is 454 g/mol. The van der Waals surface area contributed by atoms with Crippen LogP contribution in [0.15, 0.2) is 54.2 Å². The molecule has 3 aromatic rings. The maximum Gasteiger partial charge on any atom is 0.229 e. The lowest BCUT2D eigenvalue weighted by Crippen LogP contribution is -2.49. The number of amides is 1. The van der Waals surface area contributed by atoms with E-state index in [9.17, 15) is 9.18 Å². The van der Waals surface area contributed by atoms with Crippen molar-refractivity contribution in [3.8, 4) is 10.6 Å². The van der Waals surface area contributed by atoms with Gasteiger partial charge in [0.15, 0.2) is 0 Å². The van der Waals surface area contributed by atoms with Crippen molar-refractivity contribution in [3.05, 3.63) is 71.2 Å². The van der Waals surface area contributed by atoms with E-state index in [0.29, 0.717) is 13.1 Å². The highest BCUT2D eigenvalue weighted by Crippen LogP contribution is 2.26. The molecule has 9 heteroatoms. The summed E-state index contributed by atoms with van der Waals surface area (Å²) in [6.45, 7) is 1.95. The molecule has 3 heterocycles. The zero-order valence-electron chi connectivity index (χ0n) is 15.5. The van der Waals surface area contributed by atoms with Crippen LogP contribution in [0.1, 0.15) is 17.3 Å². The predicted molar refractivity (Wildman–Crippen MR) is 117 cm³/mol. The Bertz CT molecular complexity index is 941. The number of hydrogen-bond acceptors (Lipinski definition) is 5. The second kappa shape index (κ2) is 10.6. The van der Waals surface area contributed by atoms with E-state index in [4.69, 9.17) is 0 Å². The molecule has 29 heavy (non-hydrogen) atoms. The molecule has 1 unspecified atom stereocenters. The number of piperazine rings is 1. The number of aromatic nitrogens is 2. The van der Waals surface area contributed by atoms with Crippen molar-refractivity contribution in [1.29, 1.82) is 0 Å². The normalized spacial score (nSPS) is 15.9. The largest absolute Gasteiger partial charge is 0.333 e. The highest BCUT2D eigenvalue weighted by atomic mass is 35.5. The first kappa shape index (κ1) is 23.2. The number of pyridine rings is 1. The van der Waals surface area contributed by atoms with Gasteiger partial charge in [0, 0.05) is 43.0 Å². The van der Waals surface area contributed by atoms with Crippen LogP contribution in [0.5, 0.6) is 0 Å². The number of nitrogens with one attached hydrogen (secondary N) is 1. The Labute approximate surface area is 185 Å². The third-order valence-electron chi connectivity index (χ3n) is 4.59. The quantitative estimate of drug-likeness (QED) is 0.649. The summed E-state index contributed by atoms with van der Waals surface area (Å²) < 4.78 is 13.6. The molecule has 0 aliphatic carbocycles. The van der Waals surface area contributed by atoms with Gasteiger partial charge in [0.25, 0.3) is 0 Å². The van der Waals surface area contributed by atoms with Crippen LogP contribution in [0.2, 0.25) is 0 Å². The molecule has 1 saturated heterocycles. The molecule has 1 atom stereocenters. The summed E-state index contributed by atoms with van der Waals surface area (Å²) in [4.78, 5) is 23.5. The molecule has 4 rings (SSSR count). The van der Waals surface area contributed by atoms with Gasteiger partial charge in [0.1, 0.15) is 10.8 Å². The molecular weight excluding hydrogens is 434 g/mol. The number of benzene rings is 1. The van der Waals surface area contributed by atoms with E-state index < -0.39 is 0 Å². The number of thiazole rings is 1. The van der Waals surface area contributed by atoms with Crippen LogP contribution < -0.4 is 5.32 Å². The molecule has 0 spiro atoms. The first-order valence-electron chi connectivity index (χ1n) is 8.81. The van der Waals surface area contributed by atoms with E-state index in [-0.39, 0.29) is 49.0 Å². The van der Waals surface area contributed by atoms with Gasteiger partial charge in [-0.1, -0.05) is 12.1 Å². The first-order chi connectivity index (χ1) is 13.2. The molecule has 1 fully saturated rings. The van der Waals surface area contributed by atoms with E-state index in [2.05, 4.69) is 15.3 Å². The van der Waals surface area contributed by atoms with Crippen molar-refractivity contribution in [1.82, 2.24) is 20.2 Å². The fraction of sp³-hybridized carbons (Fsp3) is 0.250. The molecular formula is C20H21Cl2FN4OS. The van der Waals surface area contributed by atoms with Gasteiger partial charge in [0.05, 0.1) is 18.2 Å². The van der Waals surface area contributed by atoms with Gasteiger partial charge in [-0.3, -0.25) is 9.78 Å². The summed E-state index contributed by atoms with van der Waals surface area (Å²) in [5.74, 6) is -0.278. The fourth-order valence-electron chi connectivity index (χ4n) is 3.28. The standard InChI is InChI=1S/C20H19FN4OS.2ClH/c21-16-5-1-3-14(9-16)18-12-23-7-8-25(18)19(26)10-17-13-27-20(24-17)15-4-2-6-22-11-15;;/h1-6,9,11,13,18,23H,7-8,10,12H2;2*1H.